The van der Waals surface area contributed by atoms with E-state index in [9.17, 15) is 18.3 Å². The minimum absolute atomic E-state index is 0. The highest BCUT2D eigenvalue weighted by Crippen LogP contribution is 2.45. The molecule has 0 bridgehead atoms. The molecule has 0 aromatic heterocycles. The predicted molar refractivity (Wildman–Crippen MR) is 147 cm³/mol. The number of hydrogen-bond acceptors (Lipinski definition) is 4. The van der Waals surface area contributed by atoms with Crippen molar-refractivity contribution in [3.05, 3.63) is 94.8 Å². The van der Waals surface area contributed by atoms with Crippen molar-refractivity contribution in [2.45, 2.75) is 32.0 Å². The van der Waals surface area contributed by atoms with Crippen molar-refractivity contribution in [1.82, 2.24) is 4.90 Å². The Morgan fingerprint density at radius 2 is 1.64 bits per heavy atom. The van der Waals surface area contributed by atoms with Gasteiger partial charge in [0.15, 0.2) is 17.5 Å². The maximum atomic E-state index is 14.9. The highest BCUT2D eigenvalue weighted by molar-refractivity contribution is 5.94. The van der Waals surface area contributed by atoms with Crippen LogP contribution in [0.4, 0.5) is 13.2 Å². The molecule has 204 valence electrons. The zero-order valence-corrected chi connectivity index (χ0v) is 22.1. The number of rotatable bonds is 5. The van der Waals surface area contributed by atoms with Gasteiger partial charge in [-0.3, -0.25) is 4.90 Å². The monoisotopic (exact) mass is 555 g/mol. The van der Waals surface area contributed by atoms with Gasteiger partial charge in [-0.15, -0.1) is 12.4 Å². The summed E-state index contributed by atoms with van der Waals surface area (Å²) in [5.41, 5.74) is 2.28. The molecular formula is C31H29ClF3NO3. The Kier molecular flexibility index (Phi) is 8.03. The molecule has 1 unspecified atom stereocenters. The number of phenols is 1. The summed E-state index contributed by atoms with van der Waals surface area (Å²) < 4.78 is 55.6. The van der Waals surface area contributed by atoms with E-state index in [0.717, 1.165) is 47.8 Å². The zero-order chi connectivity index (χ0) is 26.2. The third kappa shape index (κ3) is 5.31. The van der Waals surface area contributed by atoms with Crippen molar-refractivity contribution in [2.75, 3.05) is 26.2 Å². The lowest BCUT2D eigenvalue weighted by Crippen LogP contribution is -2.33. The predicted octanol–water partition coefficient (Wildman–Crippen LogP) is 7.54. The normalized spacial score (nSPS) is 17.2. The lowest BCUT2D eigenvalue weighted by molar-refractivity contribution is 0.0679. The van der Waals surface area contributed by atoms with Gasteiger partial charge in [0.2, 0.25) is 0 Å². The Hall–Kier alpha value is -3.26. The SMILES string of the molecule is Cl.Oc1ccc2c3c(ccc2c1)-c1cc(F)c(F)c(F)c1COC3c1ccc(OCCN2CCCCC2)cc1. The quantitative estimate of drug-likeness (QED) is 0.258. The molecule has 1 fully saturated rings. The second kappa shape index (κ2) is 11.5. The number of phenolic OH excluding ortho intramolecular Hbond substituents is 1. The standard InChI is InChI=1S/C31H28F3NO3.ClH/c32-27-17-25-24-10-6-20-16-21(36)7-11-23(20)28(24)31(38-18-26(25)29(33)30(27)34)19-4-8-22(9-5-19)37-15-14-35-12-2-1-3-13-35;/h4-11,16-17,31,36H,1-3,12-15,18H2;1H. The minimum Gasteiger partial charge on any atom is -0.508 e. The van der Waals surface area contributed by atoms with Crippen LogP contribution in [0.2, 0.25) is 0 Å². The fourth-order valence-corrected chi connectivity index (χ4v) is 5.60. The first-order chi connectivity index (χ1) is 18.5. The third-order valence-electron chi connectivity index (χ3n) is 7.56. The summed E-state index contributed by atoms with van der Waals surface area (Å²) in [5.74, 6) is -3.16. The molecule has 2 aliphatic rings. The van der Waals surface area contributed by atoms with Crippen molar-refractivity contribution >= 4 is 23.2 Å². The third-order valence-corrected chi connectivity index (χ3v) is 7.56. The summed E-state index contributed by atoms with van der Waals surface area (Å²) >= 11 is 0. The van der Waals surface area contributed by atoms with Gasteiger partial charge in [-0.05, 0) is 83.7 Å². The number of ether oxygens (including phenoxy) is 2. The van der Waals surface area contributed by atoms with E-state index >= 15 is 0 Å². The molecule has 0 spiro atoms. The van der Waals surface area contributed by atoms with Crippen LogP contribution in [0.5, 0.6) is 11.5 Å². The van der Waals surface area contributed by atoms with E-state index in [1.165, 1.54) is 19.3 Å². The van der Waals surface area contributed by atoms with E-state index in [4.69, 9.17) is 9.47 Å². The van der Waals surface area contributed by atoms with Gasteiger partial charge in [-0.25, -0.2) is 13.2 Å². The zero-order valence-electron chi connectivity index (χ0n) is 21.3. The van der Waals surface area contributed by atoms with Gasteiger partial charge in [-0.2, -0.15) is 0 Å². The van der Waals surface area contributed by atoms with Crippen molar-refractivity contribution in [3.63, 3.8) is 0 Å². The molecule has 6 rings (SSSR count). The van der Waals surface area contributed by atoms with Crippen LogP contribution in [0, 0.1) is 17.5 Å². The summed E-state index contributed by atoms with van der Waals surface area (Å²) in [7, 11) is 0. The smallest absolute Gasteiger partial charge is 0.194 e. The van der Waals surface area contributed by atoms with Crippen LogP contribution in [0.1, 0.15) is 42.1 Å². The van der Waals surface area contributed by atoms with Crippen LogP contribution < -0.4 is 4.74 Å². The van der Waals surface area contributed by atoms with E-state index in [0.29, 0.717) is 17.7 Å². The Bertz CT molecular complexity index is 1490. The first-order valence-corrected chi connectivity index (χ1v) is 13.0. The van der Waals surface area contributed by atoms with E-state index in [1.807, 2.05) is 24.3 Å². The van der Waals surface area contributed by atoms with Crippen molar-refractivity contribution in [2.24, 2.45) is 0 Å². The molecule has 0 radical (unpaired) electrons. The summed E-state index contributed by atoms with van der Waals surface area (Å²) in [6.07, 6.45) is 3.12. The maximum Gasteiger partial charge on any atom is 0.194 e. The van der Waals surface area contributed by atoms with Gasteiger partial charge < -0.3 is 14.6 Å². The molecule has 1 N–H and O–H groups in total. The van der Waals surface area contributed by atoms with Crippen LogP contribution in [-0.2, 0) is 11.3 Å². The molecule has 1 saturated heterocycles. The molecule has 2 heterocycles. The first kappa shape index (κ1) is 27.3. The van der Waals surface area contributed by atoms with Gasteiger partial charge in [-0.1, -0.05) is 36.8 Å². The summed E-state index contributed by atoms with van der Waals surface area (Å²) in [4.78, 5) is 2.42. The molecule has 1 atom stereocenters. The number of nitrogens with zero attached hydrogens (tertiary/aromatic N) is 1. The molecule has 4 aromatic rings. The summed E-state index contributed by atoms with van der Waals surface area (Å²) in [6.45, 7) is 3.48. The second-order valence-corrected chi connectivity index (χ2v) is 9.96. The molecule has 39 heavy (non-hydrogen) atoms. The largest absolute Gasteiger partial charge is 0.508 e. The van der Waals surface area contributed by atoms with Crippen LogP contribution >= 0.6 is 12.4 Å². The fourth-order valence-electron chi connectivity index (χ4n) is 5.60. The molecule has 8 heteroatoms. The molecule has 4 nitrogen and oxygen atoms in total. The average molecular weight is 556 g/mol. The Morgan fingerprint density at radius 3 is 2.41 bits per heavy atom. The van der Waals surface area contributed by atoms with E-state index < -0.39 is 23.6 Å². The molecule has 2 aliphatic heterocycles. The fraction of sp³-hybridized carbons (Fsp3) is 0.290. The lowest BCUT2D eigenvalue weighted by atomic mass is 9.87. The number of halogens is 4. The number of aromatic hydroxyl groups is 1. The summed E-state index contributed by atoms with van der Waals surface area (Å²) in [5, 5.41) is 11.5. The Labute approximate surface area is 231 Å². The van der Waals surface area contributed by atoms with Crippen LogP contribution in [-0.4, -0.2) is 36.2 Å². The van der Waals surface area contributed by atoms with Crippen LogP contribution in [0.3, 0.4) is 0 Å². The van der Waals surface area contributed by atoms with Gasteiger partial charge in [0, 0.05) is 17.7 Å². The van der Waals surface area contributed by atoms with Crippen LogP contribution in [0.15, 0.2) is 60.7 Å². The molecule has 0 aliphatic carbocycles. The van der Waals surface area contributed by atoms with E-state index in [1.54, 1.807) is 30.3 Å². The van der Waals surface area contributed by atoms with E-state index in [-0.39, 0.29) is 35.9 Å². The lowest BCUT2D eigenvalue weighted by Gasteiger charge is -2.26. The number of piperidine rings is 1. The molecular weight excluding hydrogens is 527 g/mol. The average Bonchev–Trinajstić information content (AvgIpc) is 3.10. The number of hydrogen-bond donors (Lipinski definition) is 1. The highest BCUT2D eigenvalue weighted by Gasteiger charge is 2.30. The topological polar surface area (TPSA) is 41.9 Å². The number of benzene rings is 4. The van der Waals surface area contributed by atoms with Crippen LogP contribution in [0.25, 0.3) is 21.9 Å². The molecule has 4 aromatic carbocycles. The first-order valence-electron chi connectivity index (χ1n) is 13.0. The van der Waals surface area contributed by atoms with Crippen molar-refractivity contribution in [1.29, 1.82) is 0 Å². The van der Waals surface area contributed by atoms with Crippen molar-refractivity contribution in [3.8, 4) is 22.6 Å². The van der Waals surface area contributed by atoms with Gasteiger partial charge >= 0.3 is 0 Å². The number of likely N-dealkylation sites (tertiary alicyclic amines) is 1. The highest BCUT2D eigenvalue weighted by atomic mass is 35.5. The number of fused-ring (bicyclic) bond motifs is 5. The summed E-state index contributed by atoms with van der Waals surface area (Å²) in [6, 6.07) is 17.1. The van der Waals surface area contributed by atoms with Crippen molar-refractivity contribution < 1.29 is 27.8 Å². The van der Waals surface area contributed by atoms with Gasteiger partial charge in [0.25, 0.3) is 0 Å². The Balaban J connectivity index is 0.00000308. The Morgan fingerprint density at radius 1 is 0.872 bits per heavy atom. The minimum atomic E-state index is -1.51. The molecule has 0 amide bonds. The molecule has 0 saturated carbocycles. The van der Waals surface area contributed by atoms with Gasteiger partial charge in [0.05, 0.1) is 6.61 Å². The van der Waals surface area contributed by atoms with Gasteiger partial charge in [0.1, 0.15) is 24.2 Å². The van der Waals surface area contributed by atoms with E-state index in [2.05, 4.69) is 4.90 Å². The maximum absolute atomic E-state index is 14.9. The second-order valence-electron chi connectivity index (χ2n) is 9.96.